The summed E-state index contributed by atoms with van der Waals surface area (Å²) >= 11 is 0. The second-order valence-electron chi connectivity index (χ2n) is 13.3. The van der Waals surface area contributed by atoms with E-state index < -0.39 is 12.1 Å². The van der Waals surface area contributed by atoms with Crippen molar-refractivity contribution in [1.29, 1.82) is 0 Å². The van der Waals surface area contributed by atoms with E-state index in [2.05, 4.69) is 31.3 Å². The zero-order valence-corrected chi connectivity index (χ0v) is 29.7. The van der Waals surface area contributed by atoms with E-state index in [0.717, 1.165) is 38.5 Å². The van der Waals surface area contributed by atoms with Gasteiger partial charge in [-0.2, -0.15) is 0 Å². The minimum Gasteiger partial charge on any atom is -0.394 e. The van der Waals surface area contributed by atoms with Gasteiger partial charge in [-0.15, -0.1) is 0 Å². The van der Waals surface area contributed by atoms with Gasteiger partial charge < -0.3 is 15.5 Å². The van der Waals surface area contributed by atoms with Crippen LogP contribution in [0, 0.1) is 0 Å². The number of rotatable bonds is 35. The van der Waals surface area contributed by atoms with Gasteiger partial charge in [0.1, 0.15) is 0 Å². The Bertz CT molecular complexity index is 632. The SMILES string of the molecule is CCCCCCCC/C=C\CCCCCC(=O)NC(CO)C(O)/C=C/CCCCCCCCCCCCCCCCCCC. The molecule has 0 aliphatic carbocycles. The van der Waals surface area contributed by atoms with E-state index >= 15 is 0 Å². The Kier molecular flexibility index (Phi) is 35.4. The maximum Gasteiger partial charge on any atom is 0.220 e. The minimum absolute atomic E-state index is 0.0803. The number of aliphatic hydroxyl groups is 2. The van der Waals surface area contributed by atoms with E-state index in [1.807, 2.05) is 6.08 Å². The average molecular weight is 620 g/mol. The van der Waals surface area contributed by atoms with Crippen LogP contribution < -0.4 is 5.32 Å². The highest BCUT2D eigenvalue weighted by molar-refractivity contribution is 5.76. The summed E-state index contributed by atoms with van der Waals surface area (Å²) in [6, 6.07) is -0.626. The molecule has 4 heteroatoms. The first kappa shape index (κ1) is 42.9. The number of allylic oxidation sites excluding steroid dienone is 3. The summed E-state index contributed by atoms with van der Waals surface area (Å²) in [7, 11) is 0. The van der Waals surface area contributed by atoms with Crippen LogP contribution in [-0.4, -0.2) is 34.9 Å². The third-order valence-corrected chi connectivity index (χ3v) is 8.93. The van der Waals surface area contributed by atoms with Crippen LogP contribution in [0.3, 0.4) is 0 Å². The third kappa shape index (κ3) is 32.3. The topological polar surface area (TPSA) is 69.6 Å². The maximum absolute atomic E-state index is 12.3. The van der Waals surface area contributed by atoms with Crippen LogP contribution in [-0.2, 0) is 4.79 Å². The van der Waals surface area contributed by atoms with Gasteiger partial charge in [-0.25, -0.2) is 0 Å². The van der Waals surface area contributed by atoms with E-state index in [1.54, 1.807) is 6.08 Å². The first-order valence-corrected chi connectivity index (χ1v) is 19.6. The van der Waals surface area contributed by atoms with Gasteiger partial charge in [0.15, 0.2) is 0 Å². The summed E-state index contributed by atoms with van der Waals surface area (Å²) in [6.45, 7) is 4.29. The van der Waals surface area contributed by atoms with Crippen LogP contribution in [0.1, 0.15) is 206 Å². The Hall–Kier alpha value is -1.13. The van der Waals surface area contributed by atoms with Crippen LogP contribution in [0.5, 0.6) is 0 Å². The molecule has 0 saturated carbocycles. The van der Waals surface area contributed by atoms with Gasteiger partial charge in [0, 0.05) is 6.42 Å². The molecule has 1 amide bonds. The van der Waals surface area contributed by atoms with E-state index in [-0.39, 0.29) is 12.5 Å². The normalized spacial score (nSPS) is 13.3. The fourth-order valence-corrected chi connectivity index (χ4v) is 5.88. The molecule has 0 bridgehead atoms. The average Bonchev–Trinajstić information content (AvgIpc) is 3.03. The summed E-state index contributed by atoms with van der Waals surface area (Å²) in [4.78, 5) is 12.3. The van der Waals surface area contributed by atoms with Crippen molar-refractivity contribution < 1.29 is 15.0 Å². The molecule has 2 atom stereocenters. The van der Waals surface area contributed by atoms with Gasteiger partial charge in [-0.05, 0) is 44.9 Å². The van der Waals surface area contributed by atoms with E-state index in [1.165, 1.54) is 148 Å². The second-order valence-corrected chi connectivity index (χ2v) is 13.3. The monoisotopic (exact) mass is 620 g/mol. The van der Waals surface area contributed by atoms with E-state index in [4.69, 9.17) is 0 Å². The van der Waals surface area contributed by atoms with E-state index in [9.17, 15) is 15.0 Å². The van der Waals surface area contributed by atoms with Crippen molar-refractivity contribution in [3.8, 4) is 0 Å². The number of aliphatic hydroxyl groups excluding tert-OH is 2. The Morgan fingerprint density at radius 1 is 0.523 bits per heavy atom. The smallest absolute Gasteiger partial charge is 0.220 e. The van der Waals surface area contributed by atoms with E-state index in [0.29, 0.717) is 6.42 Å². The molecule has 0 heterocycles. The molecule has 3 N–H and O–H groups in total. The van der Waals surface area contributed by atoms with Gasteiger partial charge >= 0.3 is 0 Å². The molecule has 2 unspecified atom stereocenters. The molecule has 0 aromatic rings. The second kappa shape index (κ2) is 36.3. The Labute approximate surface area is 275 Å². The largest absolute Gasteiger partial charge is 0.394 e. The van der Waals surface area contributed by atoms with Crippen molar-refractivity contribution in [2.75, 3.05) is 6.61 Å². The van der Waals surface area contributed by atoms with Crippen molar-refractivity contribution in [3.05, 3.63) is 24.3 Å². The number of unbranched alkanes of at least 4 members (excludes halogenated alkanes) is 26. The number of nitrogens with one attached hydrogen (secondary N) is 1. The van der Waals surface area contributed by atoms with Gasteiger partial charge in [0.2, 0.25) is 5.91 Å². The quantitative estimate of drug-likeness (QED) is 0.0488. The fourth-order valence-electron chi connectivity index (χ4n) is 5.88. The molecule has 4 nitrogen and oxygen atoms in total. The molecule has 0 saturated heterocycles. The highest BCUT2D eigenvalue weighted by Gasteiger charge is 2.17. The Balaban J connectivity index is 3.60. The first-order chi connectivity index (χ1) is 21.7. The third-order valence-electron chi connectivity index (χ3n) is 8.93. The summed E-state index contributed by atoms with van der Waals surface area (Å²) in [5.41, 5.74) is 0. The van der Waals surface area contributed by atoms with Crippen molar-refractivity contribution in [2.24, 2.45) is 0 Å². The predicted octanol–water partition coefficient (Wildman–Crippen LogP) is 11.7. The van der Waals surface area contributed by atoms with Crippen LogP contribution in [0.15, 0.2) is 24.3 Å². The molecule has 0 spiro atoms. The standard InChI is InChI=1S/C40H77NO3/c1-3-5-7-9-11-13-15-17-18-19-20-21-22-24-25-27-29-31-33-35-39(43)38(37-42)41-40(44)36-34-32-30-28-26-23-16-14-12-10-8-6-4-2/h23,26,33,35,38-39,42-43H,3-22,24-25,27-32,34,36-37H2,1-2H3,(H,41,44)/b26-23-,35-33+. The fraction of sp³-hybridized carbons (Fsp3) is 0.875. The van der Waals surface area contributed by atoms with Crippen molar-refractivity contribution in [1.82, 2.24) is 5.32 Å². The van der Waals surface area contributed by atoms with Gasteiger partial charge in [-0.3, -0.25) is 4.79 Å². The van der Waals surface area contributed by atoms with Crippen molar-refractivity contribution >= 4 is 5.91 Å². The molecular weight excluding hydrogens is 542 g/mol. The number of amides is 1. The summed E-state index contributed by atoms with van der Waals surface area (Å²) in [6.07, 6.45) is 45.5. The summed E-state index contributed by atoms with van der Waals surface area (Å²) in [5.74, 6) is -0.0803. The highest BCUT2D eigenvalue weighted by Crippen LogP contribution is 2.15. The minimum atomic E-state index is -0.841. The lowest BCUT2D eigenvalue weighted by atomic mass is 10.0. The van der Waals surface area contributed by atoms with Crippen molar-refractivity contribution in [2.45, 2.75) is 219 Å². The molecular formula is C40H77NO3. The van der Waals surface area contributed by atoms with Crippen LogP contribution in [0.2, 0.25) is 0 Å². The molecule has 0 aliphatic rings. The lowest BCUT2D eigenvalue weighted by molar-refractivity contribution is -0.123. The number of hydrogen-bond acceptors (Lipinski definition) is 3. The molecule has 0 aliphatic heterocycles. The zero-order chi connectivity index (χ0) is 32.2. The van der Waals surface area contributed by atoms with Crippen LogP contribution in [0.4, 0.5) is 0 Å². The van der Waals surface area contributed by atoms with Gasteiger partial charge in [-0.1, -0.05) is 179 Å². The first-order valence-electron chi connectivity index (χ1n) is 19.6. The van der Waals surface area contributed by atoms with Crippen LogP contribution >= 0.6 is 0 Å². The molecule has 0 rings (SSSR count). The maximum atomic E-state index is 12.3. The predicted molar refractivity (Wildman–Crippen MR) is 193 cm³/mol. The van der Waals surface area contributed by atoms with Gasteiger partial charge in [0.25, 0.3) is 0 Å². The lowest BCUT2D eigenvalue weighted by Crippen LogP contribution is -2.45. The molecule has 260 valence electrons. The molecule has 44 heavy (non-hydrogen) atoms. The zero-order valence-electron chi connectivity index (χ0n) is 29.7. The number of hydrogen-bond donors (Lipinski definition) is 3. The molecule has 0 radical (unpaired) electrons. The van der Waals surface area contributed by atoms with Gasteiger partial charge in [0.05, 0.1) is 18.8 Å². The summed E-state index contributed by atoms with van der Waals surface area (Å²) in [5, 5.41) is 22.9. The number of carbonyl (C=O) groups excluding carboxylic acids is 1. The Morgan fingerprint density at radius 2 is 0.864 bits per heavy atom. The molecule has 0 aromatic carbocycles. The van der Waals surface area contributed by atoms with Crippen LogP contribution in [0.25, 0.3) is 0 Å². The lowest BCUT2D eigenvalue weighted by Gasteiger charge is -2.19. The highest BCUT2D eigenvalue weighted by atomic mass is 16.3. The Morgan fingerprint density at radius 3 is 1.25 bits per heavy atom. The molecule has 0 fully saturated rings. The summed E-state index contributed by atoms with van der Waals surface area (Å²) < 4.78 is 0. The molecule has 0 aromatic heterocycles. The number of carbonyl (C=O) groups is 1. The van der Waals surface area contributed by atoms with Crippen molar-refractivity contribution in [3.63, 3.8) is 0 Å².